The highest BCUT2D eigenvalue weighted by atomic mass is 15.3. The van der Waals surface area contributed by atoms with Gasteiger partial charge >= 0.3 is 0 Å². The van der Waals surface area contributed by atoms with Crippen LogP contribution in [0.5, 0.6) is 0 Å². The normalized spacial score (nSPS) is 13.6. The third kappa shape index (κ3) is 4.78. The second-order valence-electron chi connectivity index (χ2n) is 5.79. The monoisotopic (exact) mass is 252 g/mol. The molecule has 104 valence electrons. The molecule has 1 rings (SSSR count). The minimum absolute atomic E-state index is 0.599. The zero-order valence-electron chi connectivity index (χ0n) is 12.7. The van der Waals surface area contributed by atoms with Crippen LogP contribution in [-0.2, 0) is 13.6 Å². The summed E-state index contributed by atoms with van der Waals surface area (Å²) in [6.07, 6.45) is 3.32. The number of nitrogens with zero attached hydrogens (tertiary/aromatic N) is 3. The number of aromatic nitrogens is 2. The summed E-state index contributed by atoms with van der Waals surface area (Å²) in [7, 11) is 6.28. The van der Waals surface area contributed by atoms with Gasteiger partial charge in [0.25, 0.3) is 0 Å². The number of nitrogens with one attached hydrogen (secondary N) is 1. The smallest absolute Gasteiger partial charge is 0.0638 e. The maximum atomic E-state index is 4.36. The molecule has 1 aromatic heterocycles. The van der Waals surface area contributed by atoms with Gasteiger partial charge in [0.15, 0.2) is 0 Å². The molecule has 0 saturated carbocycles. The van der Waals surface area contributed by atoms with Crippen molar-refractivity contribution in [3.05, 3.63) is 17.5 Å². The van der Waals surface area contributed by atoms with E-state index in [1.54, 1.807) is 0 Å². The number of rotatable bonds is 7. The Kier molecular flexibility index (Phi) is 5.82. The molecule has 0 saturated heterocycles. The van der Waals surface area contributed by atoms with Gasteiger partial charge in [0, 0.05) is 37.9 Å². The molecule has 1 unspecified atom stereocenters. The van der Waals surface area contributed by atoms with Crippen molar-refractivity contribution >= 4 is 0 Å². The van der Waals surface area contributed by atoms with Gasteiger partial charge in [-0.15, -0.1) is 0 Å². The van der Waals surface area contributed by atoms with Crippen LogP contribution < -0.4 is 5.32 Å². The van der Waals surface area contributed by atoms with Crippen LogP contribution >= 0.6 is 0 Å². The molecule has 0 spiro atoms. The molecular weight excluding hydrogens is 224 g/mol. The molecule has 0 aliphatic heterocycles. The summed E-state index contributed by atoms with van der Waals surface area (Å²) in [5, 5.41) is 7.91. The van der Waals surface area contributed by atoms with Crippen LogP contribution in [0, 0.1) is 12.8 Å². The van der Waals surface area contributed by atoms with E-state index in [4.69, 9.17) is 0 Å². The Balaban J connectivity index is 2.41. The van der Waals surface area contributed by atoms with E-state index in [1.807, 2.05) is 11.7 Å². The number of hydrogen-bond acceptors (Lipinski definition) is 3. The van der Waals surface area contributed by atoms with Gasteiger partial charge in [0.2, 0.25) is 0 Å². The first-order chi connectivity index (χ1) is 8.40. The zero-order chi connectivity index (χ0) is 13.7. The number of aryl methyl sites for hydroxylation is 2. The van der Waals surface area contributed by atoms with Gasteiger partial charge in [0.05, 0.1) is 5.69 Å². The quantitative estimate of drug-likeness (QED) is 0.803. The average molecular weight is 252 g/mol. The van der Waals surface area contributed by atoms with E-state index < -0.39 is 0 Å². The maximum Gasteiger partial charge on any atom is 0.0638 e. The van der Waals surface area contributed by atoms with Crippen LogP contribution in [0.4, 0.5) is 0 Å². The van der Waals surface area contributed by atoms with Crippen molar-refractivity contribution < 1.29 is 0 Å². The topological polar surface area (TPSA) is 33.1 Å². The first kappa shape index (κ1) is 15.2. The van der Waals surface area contributed by atoms with Crippen molar-refractivity contribution in [2.45, 2.75) is 39.8 Å². The van der Waals surface area contributed by atoms with E-state index in [1.165, 1.54) is 12.0 Å². The van der Waals surface area contributed by atoms with E-state index >= 15 is 0 Å². The van der Waals surface area contributed by atoms with E-state index in [2.05, 4.69) is 56.4 Å². The highest BCUT2D eigenvalue weighted by Gasteiger charge is 2.13. The first-order valence-corrected chi connectivity index (χ1v) is 6.76. The molecule has 0 radical (unpaired) electrons. The molecule has 0 aliphatic rings. The lowest BCUT2D eigenvalue weighted by molar-refractivity contribution is 0.246. The van der Waals surface area contributed by atoms with Crippen molar-refractivity contribution in [3.8, 4) is 0 Å². The van der Waals surface area contributed by atoms with Gasteiger partial charge in [-0.2, -0.15) is 5.10 Å². The van der Waals surface area contributed by atoms with Crippen molar-refractivity contribution in [1.82, 2.24) is 20.0 Å². The van der Waals surface area contributed by atoms with Gasteiger partial charge in [-0.25, -0.2) is 0 Å². The third-order valence-electron chi connectivity index (χ3n) is 3.28. The van der Waals surface area contributed by atoms with Gasteiger partial charge in [-0.3, -0.25) is 4.68 Å². The van der Waals surface area contributed by atoms with Gasteiger partial charge in [0.1, 0.15) is 0 Å². The van der Waals surface area contributed by atoms with Crippen LogP contribution in [0.1, 0.15) is 31.5 Å². The van der Waals surface area contributed by atoms with Crippen LogP contribution in [0.3, 0.4) is 0 Å². The molecule has 4 nitrogen and oxygen atoms in total. The summed E-state index contributed by atoms with van der Waals surface area (Å²) in [5.74, 6) is 0.735. The lowest BCUT2D eigenvalue weighted by Crippen LogP contribution is -2.38. The minimum atomic E-state index is 0.599. The predicted molar refractivity (Wildman–Crippen MR) is 76.6 cm³/mol. The summed E-state index contributed by atoms with van der Waals surface area (Å²) < 4.78 is 1.88. The Bertz CT molecular complexity index is 355. The van der Waals surface area contributed by atoms with Crippen molar-refractivity contribution in [2.75, 3.05) is 20.6 Å². The Hall–Kier alpha value is -0.870. The molecule has 1 N–H and O–H groups in total. The second kappa shape index (κ2) is 6.90. The van der Waals surface area contributed by atoms with Gasteiger partial charge in [-0.1, -0.05) is 13.8 Å². The zero-order valence-corrected chi connectivity index (χ0v) is 12.7. The molecular formula is C14H28N4. The highest BCUT2D eigenvalue weighted by Crippen LogP contribution is 2.09. The SMILES string of the molecule is Cc1nn(C)cc1CNCC(CC(C)C)N(C)C. The van der Waals surface area contributed by atoms with E-state index in [0.29, 0.717) is 6.04 Å². The van der Waals surface area contributed by atoms with Crippen molar-refractivity contribution in [1.29, 1.82) is 0 Å². The lowest BCUT2D eigenvalue weighted by atomic mass is 10.0. The first-order valence-electron chi connectivity index (χ1n) is 6.76. The highest BCUT2D eigenvalue weighted by molar-refractivity contribution is 5.14. The van der Waals surface area contributed by atoms with E-state index in [0.717, 1.165) is 24.7 Å². The largest absolute Gasteiger partial charge is 0.311 e. The molecule has 18 heavy (non-hydrogen) atoms. The van der Waals surface area contributed by atoms with Crippen molar-refractivity contribution in [3.63, 3.8) is 0 Å². The number of likely N-dealkylation sites (N-methyl/N-ethyl adjacent to an activating group) is 1. The Morgan fingerprint density at radius 3 is 2.50 bits per heavy atom. The molecule has 0 fully saturated rings. The molecule has 0 aromatic carbocycles. The summed E-state index contributed by atoms with van der Waals surface area (Å²) in [6, 6.07) is 0.599. The van der Waals surface area contributed by atoms with Crippen molar-refractivity contribution in [2.24, 2.45) is 13.0 Å². The number of hydrogen-bond donors (Lipinski definition) is 1. The molecule has 0 aliphatic carbocycles. The summed E-state index contributed by atoms with van der Waals surface area (Å²) in [5.41, 5.74) is 2.41. The van der Waals surface area contributed by atoms with Crippen LogP contribution in [0.15, 0.2) is 6.20 Å². The predicted octanol–water partition coefficient (Wildman–Crippen LogP) is 1.79. The van der Waals surface area contributed by atoms with E-state index in [-0.39, 0.29) is 0 Å². The molecule has 0 amide bonds. The third-order valence-corrected chi connectivity index (χ3v) is 3.28. The summed E-state index contributed by atoms with van der Waals surface area (Å²) in [6.45, 7) is 8.56. The lowest BCUT2D eigenvalue weighted by Gasteiger charge is -2.26. The fourth-order valence-corrected chi connectivity index (χ4v) is 2.22. The molecule has 4 heteroatoms. The van der Waals surface area contributed by atoms with Crippen LogP contribution in [0.25, 0.3) is 0 Å². The van der Waals surface area contributed by atoms with E-state index in [9.17, 15) is 0 Å². The minimum Gasteiger partial charge on any atom is -0.311 e. The summed E-state index contributed by atoms with van der Waals surface area (Å²) >= 11 is 0. The van der Waals surface area contributed by atoms with Crippen LogP contribution in [0.2, 0.25) is 0 Å². The Morgan fingerprint density at radius 2 is 2.06 bits per heavy atom. The van der Waals surface area contributed by atoms with Crippen LogP contribution in [-0.4, -0.2) is 41.4 Å². The maximum absolute atomic E-state index is 4.36. The van der Waals surface area contributed by atoms with Gasteiger partial charge in [-0.05, 0) is 33.4 Å². The average Bonchev–Trinajstić information content (AvgIpc) is 2.55. The molecule has 1 atom stereocenters. The standard InChI is InChI=1S/C14H28N4/c1-11(2)7-14(17(4)5)9-15-8-13-10-18(6)16-12(13)3/h10-11,14-15H,7-9H2,1-6H3. The van der Waals surface area contributed by atoms with Gasteiger partial charge < -0.3 is 10.2 Å². The Labute approximate surface area is 111 Å². The summed E-state index contributed by atoms with van der Waals surface area (Å²) in [4.78, 5) is 2.31. The second-order valence-corrected chi connectivity index (χ2v) is 5.79. The molecule has 0 bridgehead atoms. The molecule has 1 heterocycles. The fraction of sp³-hybridized carbons (Fsp3) is 0.786. The molecule has 1 aromatic rings. The fourth-order valence-electron chi connectivity index (χ4n) is 2.22. The Morgan fingerprint density at radius 1 is 1.39 bits per heavy atom.